The third kappa shape index (κ3) is 4.27. The number of pyridine rings is 1. The van der Waals surface area contributed by atoms with Crippen molar-refractivity contribution in [2.24, 2.45) is 0 Å². The van der Waals surface area contributed by atoms with Crippen molar-refractivity contribution in [3.8, 4) is 0 Å². The third-order valence-corrected chi connectivity index (χ3v) is 3.17. The highest BCUT2D eigenvalue weighted by Crippen LogP contribution is 2.16. The molecular weight excluding hydrogens is 226 g/mol. The molecule has 102 valence electrons. The van der Waals surface area contributed by atoms with Crippen LogP contribution in [-0.2, 0) is 11.2 Å². The molecule has 0 aliphatic rings. The fourth-order valence-electron chi connectivity index (χ4n) is 2.21. The van der Waals surface area contributed by atoms with Gasteiger partial charge in [0.05, 0.1) is 6.10 Å². The number of methoxy groups -OCH3 is 1. The Kier molecular flexibility index (Phi) is 6.68. The van der Waals surface area contributed by atoms with Crippen molar-refractivity contribution >= 4 is 5.69 Å². The molecule has 2 unspecified atom stereocenters. The van der Waals surface area contributed by atoms with Crippen LogP contribution in [0.25, 0.3) is 0 Å². The second-order valence-electron chi connectivity index (χ2n) is 4.51. The van der Waals surface area contributed by atoms with Gasteiger partial charge in [-0.1, -0.05) is 20.3 Å². The standard InChI is InChI=1S/C14H25N3O/c1-4-6-14(18-3)13(17-5-2)9-11-10-16-8-7-12(11)15/h7-8,10,13-14,17H,4-6,9H2,1-3H3,(H2,15,16). The van der Waals surface area contributed by atoms with Crippen LogP contribution in [0.3, 0.4) is 0 Å². The average Bonchev–Trinajstić information content (AvgIpc) is 2.38. The summed E-state index contributed by atoms with van der Waals surface area (Å²) in [5.41, 5.74) is 7.86. The van der Waals surface area contributed by atoms with Gasteiger partial charge in [-0.05, 0) is 31.0 Å². The molecule has 0 fully saturated rings. The summed E-state index contributed by atoms with van der Waals surface area (Å²) in [6, 6.07) is 2.13. The topological polar surface area (TPSA) is 60.2 Å². The predicted octanol–water partition coefficient (Wildman–Crippen LogP) is 2.00. The van der Waals surface area contributed by atoms with Crippen molar-refractivity contribution in [2.75, 3.05) is 19.4 Å². The Morgan fingerprint density at radius 1 is 1.44 bits per heavy atom. The van der Waals surface area contributed by atoms with E-state index in [2.05, 4.69) is 24.1 Å². The fourth-order valence-corrected chi connectivity index (χ4v) is 2.21. The molecule has 0 saturated carbocycles. The van der Waals surface area contributed by atoms with Crippen molar-refractivity contribution in [3.63, 3.8) is 0 Å². The Morgan fingerprint density at radius 3 is 2.78 bits per heavy atom. The maximum atomic E-state index is 5.97. The summed E-state index contributed by atoms with van der Waals surface area (Å²) in [6.07, 6.45) is 6.80. The van der Waals surface area contributed by atoms with Gasteiger partial charge in [0.25, 0.3) is 0 Å². The van der Waals surface area contributed by atoms with Gasteiger partial charge in [0.15, 0.2) is 0 Å². The molecule has 1 heterocycles. The smallest absolute Gasteiger partial charge is 0.0727 e. The molecule has 0 aromatic carbocycles. The maximum Gasteiger partial charge on any atom is 0.0727 e. The van der Waals surface area contributed by atoms with Crippen molar-refractivity contribution in [1.82, 2.24) is 10.3 Å². The molecule has 0 aliphatic heterocycles. The van der Waals surface area contributed by atoms with Crippen LogP contribution < -0.4 is 11.1 Å². The zero-order chi connectivity index (χ0) is 13.4. The second kappa shape index (κ2) is 8.06. The Bertz CT molecular complexity index is 344. The molecule has 1 aromatic rings. The van der Waals surface area contributed by atoms with E-state index in [0.29, 0.717) is 0 Å². The number of hydrogen-bond acceptors (Lipinski definition) is 4. The van der Waals surface area contributed by atoms with Crippen LogP contribution in [0.4, 0.5) is 5.69 Å². The van der Waals surface area contributed by atoms with E-state index >= 15 is 0 Å². The van der Waals surface area contributed by atoms with Crippen molar-refractivity contribution in [2.45, 2.75) is 45.3 Å². The molecular formula is C14H25N3O. The van der Waals surface area contributed by atoms with Gasteiger partial charge in [-0.3, -0.25) is 4.98 Å². The van der Waals surface area contributed by atoms with Gasteiger partial charge in [0, 0.05) is 31.2 Å². The second-order valence-corrected chi connectivity index (χ2v) is 4.51. The summed E-state index contributed by atoms with van der Waals surface area (Å²) in [5, 5.41) is 3.49. The maximum absolute atomic E-state index is 5.97. The Balaban J connectivity index is 2.75. The van der Waals surface area contributed by atoms with Gasteiger partial charge in [-0.25, -0.2) is 0 Å². The Labute approximate surface area is 110 Å². The normalized spacial score (nSPS) is 14.4. The van der Waals surface area contributed by atoms with Crippen LogP contribution >= 0.6 is 0 Å². The van der Waals surface area contributed by atoms with Crippen LogP contribution in [-0.4, -0.2) is 30.8 Å². The lowest BCUT2D eigenvalue weighted by Crippen LogP contribution is -2.42. The first-order chi connectivity index (χ1) is 8.72. The van der Waals surface area contributed by atoms with Crippen molar-refractivity contribution in [3.05, 3.63) is 24.0 Å². The Morgan fingerprint density at radius 2 is 2.22 bits per heavy atom. The van der Waals surface area contributed by atoms with Crippen LogP contribution in [0.5, 0.6) is 0 Å². The minimum Gasteiger partial charge on any atom is -0.398 e. The number of likely N-dealkylation sites (N-methyl/N-ethyl adjacent to an activating group) is 1. The number of nitrogens with zero attached hydrogens (tertiary/aromatic N) is 1. The first-order valence-corrected chi connectivity index (χ1v) is 6.67. The summed E-state index contributed by atoms with van der Waals surface area (Å²) in [6.45, 7) is 5.21. The summed E-state index contributed by atoms with van der Waals surface area (Å²) in [5.74, 6) is 0. The van der Waals surface area contributed by atoms with Gasteiger partial charge in [-0.15, -0.1) is 0 Å². The summed E-state index contributed by atoms with van der Waals surface area (Å²) < 4.78 is 5.59. The SMILES string of the molecule is CCCC(OC)C(Cc1cnccc1N)NCC. The van der Waals surface area contributed by atoms with E-state index in [-0.39, 0.29) is 12.1 Å². The lowest BCUT2D eigenvalue weighted by atomic mass is 9.98. The van der Waals surface area contributed by atoms with Crippen molar-refractivity contribution in [1.29, 1.82) is 0 Å². The molecule has 1 aromatic heterocycles. The number of anilines is 1. The highest BCUT2D eigenvalue weighted by atomic mass is 16.5. The zero-order valence-electron chi connectivity index (χ0n) is 11.6. The van der Waals surface area contributed by atoms with Crippen molar-refractivity contribution < 1.29 is 4.74 Å². The summed E-state index contributed by atoms with van der Waals surface area (Å²) >= 11 is 0. The van der Waals surface area contributed by atoms with E-state index in [4.69, 9.17) is 10.5 Å². The number of nitrogen functional groups attached to an aromatic ring is 1. The van der Waals surface area contributed by atoms with Gasteiger partial charge in [0.1, 0.15) is 0 Å². The number of nitrogens with one attached hydrogen (secondary N) is 1. The molecule has 2 atom stereocenters. The van der Waals surface area contributed by atoms with Crippen LogP contribution in [0.1, 0.15) is 32.3 Å². The van der Waals surface area contributed by atoms with Crippen LogP contribution in [0, 0.1) is 0 Å². The number of aromatic nitrogens is 1. The average molecular weight is 251 g/mol. The lowest BCUT2D eigenvalue weighted by molar-refractivity contribution is 0.0614. The number of ether oxygens (including phenoxy) is 1. The molecule has 1 rings (SSSR count). The van der Waals surface area contributed by atoms with Gasteiger partial charge in [-0.2, -0.15) is 0 Å². The summed E-state index contributed by atoms with van der Waals surface area (Å²) in [7, 11) is 1.78. The third-order valence-electron chi connectivity index (χ3n) is 3.17. The van der Waals surface area contributed by atoms with Crippen LogP contribution in [0.15, 0.2) is 18.5 Å². The molecule has 18 heavy (non-hydrogen) atoms. The first kappa shape index (κ1) is 14.9. The predicted molar refractivity (Wildman–Crippen MR) is 75.5 cm³/mol. The molecule has 0 bridgehead atoms. The molecule has 0 amide bonds. The van der Waals surface area contributed by atoms with Gasteiger partial charge >= 0.3 is 0 Å². The van der Waals surface area contributed by atoms with E-state index in [1.54, 1.807) is 13.3 Å². The highest BCUT2D eigenvalue weighted by Gasteiger charge is 2.20. The molecule has 0 saturated heterocycles. The van der Waals surface area contributed by atoms with Crippen LogP contribution in [0.2, 0.25) is 0 Å². The molecule has 4 heteroatoms. The first-order valence-electron chi connectivity index (χ1n) is 6.67. The quantitative estimate of drug-likeness (QED) is 0.742. The van der Waals surface area contributed by atoms with E-state index in [9.17, 15) is 0 Å². The van der Waals surface area contributed by atoms with Gasteiger partial charge < -0.3 is 15.8 Å². The highest BCUT2D eigenvalue weighted by molar-refractivity contribution is 5.44. The number of hydrogen-bond donors (Lipinski definition) is 2. The van der Waals surface area contributed by atoms with E-state index in [1.807, 2.05) is 12.3 Å². The van der Waals surface area contributed by atoms with Gasteiger partial charge in [0.2, 0.25) is 0 Å². The zero-order valence-corrected chi connectivity index (χ0v) is 11.6. The minimum atomic E-state index is 0.217. The number of rotatable bonds is 8. The van der Waals surface area contributed by atoms with E-state index in [1.165, 1.54) is 0 Å². The molecule has 3 N–H and O–H groups in total. The summed E-state index contributed by atoms with van der Waals surface area (Å²) in [4.78, 5) is 4.14. The molecule has 4 nitrogen and oxygen atoms in total. The molecule has 0 aliphatic carbocycles. The molecule has 0 radical (unpaired) electrons. The minimum absolute atomic E-state index is 0.217. The lowest BCUT2D eigenvalue weighted by Gasteiger charge is -2.27. The Hall–Kier alpha value is -1.13. The fraction of sp³-hybridized carbons (Fsp3) is 0.643. The largest absolute Gasteiger partial charge is 0.398 e. The number of nitrogens with two attached hydrogens (primary N) is 1. The van der Waals surface area contributed by atoms with E-state index < -0.39 is 0 Å². The molecule has 0 spiro atoms. The van der Waals surface area contributed by atoms with E-state index in [0.717, 1.165) is 37.1 Å². The monoisotopic (exact) mass is 251 g/mol.